The topological polar surface area (TPSA) is 0 Å². The summed E-state index contributed by atoms with van der Waals surface area (Å²) in [5, 5.41) is 2.57. The molecule has 0 saturated heterocycles. The lowest BCUT2D eigenvalue weighted by Crippen LogP contribution is -1.74. The maximum absolute atomic E-state index is 3.39. The average molecular weight is 394 g/mol. The van der Waals surface area contributed by atoms with Crippen LogP contribution in [0.5, 0.6) is 0 Å². The van der Waals surface area contributed by atoms with Crippen LogP contribution in [0, 0.1) is 0 Å². The van der Waals surface area contributed by atoms with Gasteiger partial charge in [0, 0.05) is 9.75 Å². The van der Waals surface area contributed by atoms with Crippen LogP contribution in [0.4, 0.5) is 0 Å². The van der Waals surface area contributed by atoms with Crippen molar-refractivity contribution in [3.63, 3.8) is 0 Å². The second-order valence-electron chi connectivity index (χ2n) is 4.20. The molecule has 0 atom stereocenters. The van der Waals surface area contributed by atoms with E-state index >= 15 is 0 Å². The molecule has 3 rings (SSSR count). The SMILES string of the molecule is BrC(Br)=Cc1ccc(-c2ccc3ccccc3c2)s1. The van der Waals surface area contributed by atoms with Gasteiger partial charge in [-0.15, -0.1) is 11.3 Å². The molecule has 0 aliphatic rings. The van der Waals surface area contributed by atoms with Crippen molar-refractivity contribution in [3.05, 3.63) is 62.9 Å². The molecule has 0 aliphatic carbocycles. The molecule has 0 spiro atoms. The zero-order valence-electron chi connectivity index (χ0n) is 9.94. The van der Waals surface area contributed by atoms with Gasteiger partial charge in [0.15, 0.2) is 0 Å². The predicted molar refractivity (Wildman–Crippen MR) is 93.1 cm³/mol. The summed E-state index contributed by atoms with van der Waals surface area (Å²) in [6.07, 6.45) is 2.06. The van der Waals surface area contributed by atoms with Gasteiger partial charge in [0.1, 0.15) is 0 Å². The van der Waals surface area contributed by atoms with Crippen molar-refractivity contribution in [3.8, 4) is 10.4 Å². The molecule has 2 aromatic carbocycles. The minimum Gasteiger partial charge on any atom is -0.136 e. The lowest BCUT2D eigenvalue weighted by molar-refractivity contribution is 1.73. The molecule has 3 heteroatoms. The van der Waals surface area contributed by atoms with Crippen LogP contribution in [-0.4, -0.2) is 0 Å². The highest BCUT2D eigenvalue weighted by Crippen LogP contribution is 2.32. The van der Waals surface area contributed by atoms with E-state index in [1.807, 2.05) is 0 Å². The number of hydrogen-bond donors (Lipinski definition) is 0. The van der Waals surface area contributed by atoms with Crippen LogP contribution in [0.25, 0.3) is 27.3 Å². The Kier molecular flexibility index (Phi) is 3.87. The smallest absolute Gasteiger partial charge is 0.0618 e. The van der Waals surface area contributed by atoms with Gasteiger partial charge in [-0.3, -0.25) is 0 Å². The van der Waals surface area contributed by atoms with E-state index in [4.69, 9.17) is 0 Å². The minimum absolute atomic E-state index is 0.965. The Balaban J connectivity index is 2.04. The van der Waals surface area contributed by atoms with Crippen molar-refractivity contribution in [1.29, 1.82) is 0 Å². The summed E-state index contributed by atoms with van der Waals surface area (Å²) in [6, 6.07) is 19.4. The average Bonchev–Trinajstić information content (AvgIpc) is 2.86. The molecule has 1 aromatic heterocycles. The first-order valence-electron chi connectivity index (χ1n) is 5.84. The molecule has 0 radical (unpaired) electrons. The highest BCUT2D eigenvalue weighted by atomic mass is 79.9. The summed E-state index contributed by atoms with van der Waals surface area (Å²) in [6.45, 7) is 0. The van der Waals surface area contributed by atoms with E-state index in [1.54, 1.807) is 11.3 Å². The lowest BCUT2D eigenvalue weighted by Gasteiger charge is -2.01. The molecule has 0 fully saturated rings. The van der Waals surface area contributed by atoms with Gasteiger partial charge in [-0.1, -0.05) is 36.4 Å². The molecule has 19 heavy (non-hydrogen) atoms. The monoisotopic (exact) mass is 392 g/mol. The first-order chi connectivity index (χ1) is 9.22. The Morgan fingerprint density at radius 2 is 1.68 bits per heavy atom. The Morgan fingerprint density at radius 1 is 0.895 bits per heavy atom. The third-order valence-corrected chi connectivity index (χ3v) is 4.45. The molecule has 0 N–H and O–H groups in total. The minimum atomic E-state index is 0.965. The highest BCUT2D eigenvalue weighted by Gasteiger charge is 2.03. The molecule has 1 heterocycles. The largest absolute Gasteiger partial charge is 0.136 e. The van der Waals surface area contributed by atoms with Gasteiger partial charge in [-0.05, 0) is 72.5 Å². The molecule has 0 bridgehead atoms. The molecule has 94 valence electrons. The van der Waals surface area contributed by atoms with E-state index in [0.29, 0.717) is 0 Å². The first kappa shape index (κ1) is 13.1. The maximum Gasteiger partial charge on any atom is 0.0618 e. The molecular formula is C16H10Br2S. The summed E-state index contributed by atoms with van der Waals surface area (Å²) in [5.74, 6) is 0. The van der Waals surface area contributed by atoms with Crippen LogP contribution < -0.4 is 0 Å². The number of thiophene rings is 1. The second-order valence-corrected chi connectivity index (χ2v) is 8.09. The normalized spacial score (nSPS) is 10.6. The van der Waals surface area contributed by atoms with Crippen molar-refractivity contribution < 1.29 is 0 Å². The van der Waals surface area contributed by atoms with Crippen molar-refractivity contribution >= 4 is 60.0 Å². The number of halogens is 2. The standard InChI is InChI=1S/C16H10Br2S/c17-16(18)10-14-7-8-15(19-14)13-6-5-11-3-1-2-4-12(11)9-13/h1-10H. The molecule has 3 aromatic rings. The van der Waals surface area contributed by atoms with E-state index in [9.17, 15) is 0 Å². The van der Waals surface area contributed by atoms with Gasteiger partial charge in [-0.2, -0.15) is 0 Å². The predicted octanol–water partition coefficient (Wildman–Crippen LogP) is 6.66. The van der Waals surface area contributed by atoms with Crippen LogP contribution in [0.1, 0.15) is 4.88 Å². The highest BCUT2D eigenvalue weighted by molar-refractivity contribution is 9.28. The number of fused-ring (bicyclic) bond motifs is 1. The zero-order chi connectivity index (χ0) is 13.2. The number of benzene rings is 2. The zero-order valence-corrected chi connectivity index (χ0v) is 13.9. The number of hydrogen-bond acceptors (Lipinski definition) is 1. The molecule has 0 amide bonds. The van der Waals surface area contributed by atoms with Crippen LogP contribution >= 0.6 is 43.2 Å². The van der Waals surface area contributed by atoms with E-state index in [2.05, 4.69) is 92.5 Å². The number of rotatable bonds is 2. The third kappa shape index (κ3) is 2.99. The summed E-state index contributed by atoms with van der Waals surface area (Å²) >= 11 is 8.57. The van der Waals surface area contributed by atoms with Gasteiger partial charge < -0.3 is 0 Å². The van der Waals surface area contributed by atoms with Crippen molar-refractivity contribution in [2.24, 2.45) is 0 Å². The Bertz CT molecular complexity index is 752. The molecular weight excluding hydrogens is 384 g/mol. The fourth-order valence-electron chi connectivity index (χ4n) is 2.04. The fourth-order valence-corrected chi connectivity index (χ4v) is 3.78. The van der Waals surface area contributed by atoms with Crippen LogP contribution in [0.2, 0.25) is 0 Å². The maximum atomic E-state index is 3.39. The fraction of sp³-hybridized carbons (Fsp3) is 0. The summed E-state index contributed by atoms with van der Waals surface area (Å²) in [7, 11) is 0. The Labute approximate surface area is 133 Å². The van der Waals surface area contributed by atoms with Crippen molar-refractivity contribution in [1.82, 2.24) is 0 Å². The van der Waals surface area contributed by atoms with E-state index < -0.39 is 0 Å². The Morgan fingerprint density at radius 3 is 2.47 bits per heavy atom. The van der Waals surface area contributed by atoms with E-state index in [-0.39, 0.29) is 0 Å². The van der Waals surface area contributed by atoms with Gasteiger partial charge in [0.2, 0.25) is 0 Å². The Hall–Kier alpha value is -0.900. The van der Waals surface area contributed by atoms with Crippen molar-refractivity contribution in [2.75, 3.05) is 0 Å². The lowest BCUT2D eigenvalue weighted by atomic mass is 10.1. The van der Waals surface area contributed by atoms with Crippen molar-refractivity contribution in [2.45, 2.75) is 0 Å². The van der Waals surface area contributed by atoms with E-state index in [1.165, 1.54) is 26.1 Å². The summed E-state index contributed by atoms with van der Waals surface area (Å²) < 4.78 is 0.965. The second kappa shape index (κ2) is 5.61. The van der Waals surface area contributed by atoms with Crippen LogP contribution in [0.3, 0.4) is 0 Å². The first-order valence-corrected chi connectivity index (χ1v) is 8.24. The van der Waals surface area contributed by atoms with Crippen LogP contribution in [0.15, 0.2) is 58.0 Å². The quantitative estimate of drug-likeness (QED) is 0.456. The molecule has 0 saturated carbocycles. The van der Waals surface area contributed by atoms with Gasteiger partial charge >= 0.3 is 0 Å². The third-order valence-electron chi connectivity index (χ3n) is 2.91. The van der Waals surface area contributed by atoms with Crippen LogP contribution in [-0.2, 0) is 0 Å². The van der Waals surface area contributed by atoms with Gasteiger partial charge in [-0.25, -0.2) is 0 Å². The summed E-state index contributed by atoms with van der Waals surface area (Å²) in [4.78, 5) is 2.52. The molecule has 0 nitrogen and oxygen atoms in total. The van der Waals surface area contributed by atoms with E-state index in [0.717, 1.165) is 3.39 Å². The van der Waals surface area contributed by atoms with Gasteiger partial charge in [0.05, 0.1) is 3.39 Å². The molecule has 0 unspecified atom stereocenters. The van der Waals surface area contributed by atoms with Gasteiger partial charge in [0.25, 0.3) is 0 Å². The molecule has 0 aliphatic heterocycles. The summed E-state index contributed by atoms with van der Waals surface area (Å²) in [5.41, 5.74) is 1.27.